The van der Waals surface area contributed by atoms with E-state index in [0.717, 1.165) is 13.0 Å². The van der Waals surface area contributed by atoms with Gasteiger partial charge in [0.25, 0.3) is 0 Å². The number of rotatable bonds is 5. The van der Waals surface area contributed by atoms with Gasteiger partial charge >= 0.3 is 0 Å². The van der Waals surface area contributed by atoms with Crippen molar-refractivity contribution in [3.05, 3.63) is 59.5 Å². The van der Waals surface area contributed by atoms with E-state index in [-0.39, 0.29) is 0 Å². The molecule has 1 aromatic heterocycles. The first kappa shape index (κ1) is 13.4. The fourth-order valence-electron chi connectivity index (χ4n) is 3.44. The Kier molecular flexibility index (Phi) is 4.22. The van der Waals surface area contributed by atoms with Crippen LogP contribution in [0.25, 0.3) is 0 Å². The maximum atomic E-state index is 5.26. The molecule has 1 heterocycles. The molecule has 1 aliphatic carbocycles. The summed E-state index contributed by atoms with van der Waals surface area (Å²) in [5.74, 6) is 0.666. The molecule has 0 spiro atoms. The summed E-state index contributed by atoms with van der Waals surface area (Å²) in [6.07, 6.45) is 8.66. The third-order valence-electron chi connectivity index (χ3n) is 4.41. The molecule has 3 rings (SSSR count). The zero-order valence-corrected chi connectivity index (χ0v) is 12.1. The van der Waals surface area contributed by atoms with Crippen molar-refractivity contribution in [2.75, 3.05) is 6.54 Å². The molecule has 0 saturated carbocycles. The topological polar surface area (TPSA) is 25.2 Å². The summed E-state index contributed by atoms with van der Waals surface area (Å²) >= 11 is 0. The Balaban J connectivity index is 1.79. The van der Waals surface area contributed by atoms with E-state index >= 15 is 0 Å². The largest absolute Gasteiger partial charge is 0.472 e. The highest BCUT2D eigenvalue weighted by Gasteiger charge is 2.24. The van der Waals surface area contributed by atoms with Gasteiger partial charge in [-0.3, -0.25) is 0 Å². The zero-order chi connectivity index (χ0) is 13.8. The SMILES string of the molecule is CCNC(CC1CCCc2ccccc21)c1ccoc1. The highest BCUT2D eigenvalue weighted by molar-refractivity contribution is 5.33. The minimum absolute atomic E-state index is 0.398. The number of fused-ring (bicyclic) bond motifs is 1. The molecule has 20 heavy (non-hydrogen) atoms. The van der Waals surface area contributed by atoms with Crippen molar-refractivity contribution < 1.29 is 4.42 Å². The van der Waals surface area contributed by atoms with Crippen LogP contribution in [0.3, 0.4) is 0 Å². The van der Waals surface area contributed by atoms with E-state index in [4.69, 9.17) is 4.42 Å². The van der Waals surface area contributed by atoms with E-state index in [2.05, 4.69) is 42.6 Å². The summed E-state index contributed by atoms with van der Waals surface area (Å²) < 4.78 is 5.26. The monoisotopic (exact) mass is 269 g/mol. The maximum absolute atomic E-state index is 5.26. The van der Waals surface area contributed by atoms with Crippen molar-refractivity contribution >= 4 is 0 Å². The van der Waals surface area contributed by atoms with Gasteiger partial charge < -0.3 is 9.73 Å². The van der Waals surface area contributed by atoms with Gasteiger partial charge in [-0.1, -0.05) is 31.2 Å². The minimum atomic E-state index is 0.398. The lowest BCUT2D eigenvalue weighted by Crippen LogP contribution is -2.24. The predicted molar refractivity (Wildman–Crippen MR) is 81.9 cm³/mol. The summed E-state index contributed by atoms with van der Waals surface area (Å²) in [6, 6.07) is 11.4. The molecule has 1 aliphatic rings. The summed E-state index contributed by atoms with van der Waals surface area (Å²) in [6.45, 7) is 3.16. The van der Waals surface area contributed by atoms with Gasteiger partial charge in [-0.05, 0) is 55.3 Å². The van der Waals surface area contributed by atoms with Crippen LogP contribution in [0.1, 0.15) is 54.8 Å². The summed E-state index contributed by atoms with van der Waals surface area (Å²) in [5.41, 5.74) is 4.38. The lowest BCUT2D eigenvalue weighted by molar-refractivity contribution is 0.422. The average molecular weight is 269 g/mol. The molecule has 2 aromatic rings. The Labute approximate surface area is 121 Å². The molecule has 2 atom stereocenters. The molecule has 2 nitrogen and oxygen atoms in total. The average Bonchev–Trinajstić information content (AvgIpc) is 3.01. The Morgan fingerprint density at radius 1 is 1.30 bits per heavy atom. The van der Waals surface area contributed by atoms with Crippen LogP contribution in [0.5, 0.6) is 0 Å². The van der Waals surface area contributed by atoms with Crippen LogP contribution in [-0.4, -0.2) is 6.54 Å². The molecule has 106 valence electrons. The third kappa shape index (κ3) is 2.80. The molecule has 0 aliphatic heterocycles. The van der Waals surface area contributed by atoms with Crippen LogP contribution in [-0.2, 0) is 6.42 Å². The number of nitrogens with one attached hydrogen (secondary N) is 1. The van der Waals surface area contributed by atoms with Crippen molar-refractivity contribution in [2.24, 2.45) is 0 Å². The van der Waals surface area contributed by atoms with Gasteiger partial charge in [0.15, 0.2) is 0 Å². The van der Waals surface area contributed by atoms with Gasteiger partial charge in [-0.25, -0.2) is 0 Å². The minimum Gasteiger partial charge on any atom is -0.472 e. The number of hydrogen-bond donors (Lipinski definition) is 1. The van der Waals surface area contributed by atoms with Gasteiger partial charge in [0, 0.05) is 11.6 Å². The fraction of sp³-hybridized carbons (Fsp3) is 0.444. The molecular formula is C18H23NO. The van der Waals surface area contributed by atoms with Gasteiger partial charge in [0.1, 0.15) is 0 Å². The van der Waals surface area contributed by atoms with Crippen LogP contribution in [0.2, 0.25) is 0 Å². The second-order valence-corrected chi connectivity index (χ2v) is 5.69. The van der Waals surface area contributed by atoms with Gasteiger partial charge in [0.2, 0.25) is 0 Å². The van der Waals surface area contributed by atoms with Crippen molar-refractivity contribution in [3.8, 4) is 0 Å². The lowest BCUT2D eigenvalue weighted by Gasteiger charge is -2.29. The van der Waals surface area contributed by atoms with Crippen LogP contribution in [0, 0.1) is 0 Å². The first-order chi connectivity index (χ1) is 9.88. The number of benzene rings is 1. The molecule has 1 aromatic carbocycles. The van der Waals surface area contributed by atoms with E-state index in [1.54, 1.807) is 17.4 Å². The predicted octanol–water partition coefficient (Wildman–Crippen LogP) is 4.44. The Morgan fingerprint density at radius 3 is 3.00 bits per heavy atom. The summed E-state index contributed by atoms with van der Waals surface area (Å²) in [7, 11) is 0. The highest BCUT2D eigenvalue weighted by Crippen LogP contribution is 2.37. The smallest absolute Gasteiger partial charge is 0.0950 e. The molecule has 0 amide bonds. The van der Waals surface area contributed by atoms with Gasteiger partial charge in [0.05, 0.1) is 12.5 Å². The first-order valence-corrected chi connectivity index (χ1v) is 7.71. The maximum Gasteiger partial charge on any atom is 0.0950 e. The Morgan fingerprint density at radius 2 is 2.20 bits per heavy atom. The van der Waals surface area contributed by atoms with Crippen LogP contribution in [0.15, 0.2) is 47.3 Å². The van der Waals surface area contributed by atoms with E-state index in [1.807, 2.05) is 6.26 Å². The van der Waals surface area contributed by atoms with E-state index in [9.17, 15) is 0 Å². The quantitative estimate of drug-likeness (QED) is 0.868. The Bertz CT molecular complexity index is 532. The zero-order valence-electron chi connectivity index (χ0n) is 12.1. The highest BCUT2D eigenvalue weighted by atomic mass is 16.3. The molecule has 0 fully saturated rings. The molecular weight excluding hydrogens is 246 g/mol. The number of aryl methyl sites for hydroxylation is 1. The second kappa shape index (κ2) is 6.27. The van der Waals surface area contributed by atoms with E-state index in [0.29, 0.717) is 12.0 Å². The van der Waals surface area contributed by atoms with E-state index in [1.165, 1.54) is 24.8 Å². The van der Waals surface area contributed by atoms with Crippen molar-refractivity contribution in [3.63, 3.8) is 0 Å². The molecule has 0 bridgehead atoms. The third-order valence-corrected chi connectivity index (χ3v) is 4.41. The molecule has 2 heteroatoms. The summed E-state index contributed by atoms with van der Waals surface area (Å²) in [5, 5.41) is 3.60. The fourth-order valence-corrected chi connectivity index (χ4v) is 3.44. The number of hydrogen-bond acceptors (Lipinski definition) is 2. The van der Waals surface area contributed by atoms with Gasteiger partial charge in [-0.2, -0.15) is 0 Å². The standard InChI is InChI=1S/C18H23NO/c1-2-19-18(16-10-11-20-13-16)12-15-8-5-7-14-6-3-4-9-17(14)15/h3-4,6,9-11,13,15,18-19H,2,5,7-8,12H2,1H3. The van der Waals surface area contributed by atoms with Gasteiger partial charge in [-0.15, -0.1) is 0 Å². The van der Waals surface area contributed by atoms with Crippen molar-refractivity contribution in [1.82, 2.24) is 5.32 Å². The van der Waals surface area contributed by atoms with Crippen molar-refractivity contribution in [2.45, 2.75) is 44.6 Å². The van der Waals surface area contributed by atoms with Crippen molar-refractivity contribution in [1.29, 1.82) is 0 Å². The summed E-state index contributed by atoms with van der Waals surface area (Å²) in [4.78, 5) is 0. The second-order valence-electron chi connectivity index (χ2n) is 5.69. The molecule has 0 saturated heterocycles. The normalized spacial score (nSPS) is 19.6. The molecule has 0 radical (unpaired) electrons. The van der Waals surface area contributed by atoms with E-state index < -0.39 is 0 Å². The van der Waals surface area contributed by atoms with Crippen LogP contribution < -0.4 is 5.32 Å². The first-order valence-electron chi connectivity index (χ1n) is 7.71. The number of furan rings is 1. The van der Waals surface area contributed by atoms with Crippen LogP contribution >= 0.6 is 0 Å². The lowest BCUT2D eigenvalue weighted by atomic mass is 9.79. The molecule has 2 unspecified atom stereocenters. The Hall–Kier alpha value is -1.54. The molecule has 1 N–H and O–H groups in total. The van der Waals surface area contributed by atoms with Crippen LogP contribution in [0.4, 0.5) is 0 Å².